The molecule has 0 saturated heterocycles. The van der Waals surface area contributed by atoms with Crippen molar-refractivity contribution in [2.24, 2.45) is 0 Å². The van der Waals surface area contributed by atoms with E-state index in [2.05, 4.69) is 32.9 Å². The van der Waals surface area contributed by atoms with Crippen LogP contribution in [0.15, 0.2) is 28.8 Å². The maximum atomic E-state index is 12.1. The lowest BCUT2D eigenvalue weighted by Gasteiger charge is -2.25. The number of fused-ring (bicyclic) bond motifs is 1. The molecule has 0 radical (unpaired) electrons. The fraction of sp³-hybridized carbons (Fsp3) is 0.357. The smallest absolute Gasteiger partial charge is 0.237 e. The minimum atomic E-state index is -0.210. The molecule has 3 rings (SSSR count). The summed E-state index contributed by atoms with van der Waals surface area (Å²) in [5.41, 5.74) is 2.48. The van der Waals surface area contributed by atoms with Gasteiger partial charge in [0.1, 0.15) is 0 Å². The molecule has 1 aliphatic heterocycles. The molecule has 20 heavy (non-hydrogen) atoms. The molecule has 2 aromatic rings. The first-order chi connectivity index (χ1) is 9.72. The zero-order chi connectivity index (χ0) is 13.9. The number of nitrogens with zero attached hydrogens (tertiary/aromatic N) is 2. The number of hydrogen-bond donors (Lipinski definition) is 2. The molecule has 0 bridgehead atoms. The number of rotatable bonds is 3. The first-order valence-electron chi connectivity index (χ1n) is 6.59. The molecule has 104 valence electrons. The molecular weight excluding hydrogens is 256 g/mol. The summed E-state index contributed by atoms with van der Waals surface area (Å²) in [5.74, 6) is 0.952. The van der Waals surface area contributed by atoms with E-state index >= 15 is 0 Å². The number of aromatic nitrogens is 2. The van der Waals surface area contributed by atoms with Gasteiger partial charge >= 0.3 is 0 Å². The number of carbonyl (C=O) groups excluding carboxylic acids is 1. The number of amides is 1. The molecule has 0 aliphatic carbocycles. The Hall–Kier alpha value is -2.21. The van der Waals surface area contributed by atoms with Crippen molar-refractivity contribution in [2.45, 2.75) is 32.5 Å². The molecular formula is C14H16N4O2. The molecule has 1 amide bonds. The standard InChI is InChI=1S/C14H16N4O2/c1-9-17-13(18-20-9)8-16-14(19)12-6-10-4-2-3-5-11(10)7-15-12/h2-5,12,15H,6-8H2,1H3,(H,16,19)/t12-/m1/s1. The van der Waals surface area contributed by atoms with E-state index in [0.717, 1.165) is 6.54 Å². The second-order valence-corrected chi connectivity index (χ2v) is 4.85. The summed E-state index contributed by atoms with van der Waals surface area (Å²) in [6.07, 6.45) is 0.702. The molecule has 2 N–H and O–H groups in total. The molecule has 0 spiro atoms. The van der Waals surface area contributed by atoms with Crippen molar-refractivity contribution in [2.75, 3.05) is 0 Å². The van der Waals surface area contributed by atoms with Gasteiger partial charge in [-0.05, 0) is 17.5 Å². The van der Waals surface area contributed by atoms with Gasteiger partial charge in [0, 0.05) is 13.5 Å². The first kappa shape index (κ1) is 12.8. The summed E-state index contributed by atoms with van der Waals surface area (Å²) >= 11 is 0. The monoisotopic (exact) mass is 272 g/mol. The minimum Gasteiger partial charge on any atom is -0.347 e. The van der Waals surface area contributed by atoms with Crippen molar-refractivity contribution < 1.29 is 9.32 Å². The van der Waals surface area contributed by atoms with Gasteiger partial charge in [-0.3, -0.25) is 4.79 Å². The average Bonchev–Trinajstić information content (AvgIpc) is 2.90. The van der Waals surface area contributed by atoms with Gasteiger partial charge in [-0.25, -0.2) is 0 Å². The molecule has 6 nitrogen and oxygen atoms in total. The molecule has 1 aromatic carbocycles. The molecule has 1 aliphatic rings. The van der Waals surface area contributed by atoms with Gasteiger partial charge in [0.05, 0.1) is 12.6 Å². The highest BCUT2D eigenvalue weighted by Crippen LogP contribution is 2.16. The highest BCUT2D eigenvalue weighted by Gasteiger charge is 2.23. The topological polar surface area (TPSA) is 80.0 Å². The lowest BCUT2D eigenvalue weighted by atomic mass is 9.95. The second-order valence-electron chi connectivity index (χ2n) is 4.85. The predicted octanol–water partition coefficient (Wildman–Crippen LogP) is 0.709. The van der Waals surface area contributed by atoms with Crippen LogP contribution in [0.1, 0.15) is 22.8 Å². The second kappa shape index (κ2) is 5.42. The van der Waals surface area contributed by atoms with E-state index in [1.165, 1.54) is 11.1 Å². The van der Waals surface area contributed by atoms with E-state index in [1.54, 1.807) is 6.92 Å². The van der Waals surface area contributed by atoms with Gasteiger partial charge in [0.15, 0.2) is 5.82 Å². The van der Waals surface area contributed by atoms with Crippen LogP contribution in [0.2, 0.25) is 0 Å². The molecule has 1 atom stereocenters. The third-order valence-electron chi connectivity index (χ3n) is 3.39. The van der Waals surface area contributed by atoms with Crippen molar-refractivity contribution in [1.82, 2.24) is 20.8 Å². The Bertz CT molecular complexity index is 623. The van der Waals surface area contributed by atoms with E-state index in [-0.39, 0.29) is 18.5 Å². The number of carbonyl (C=O) groups is 1. The third-order valence-corrected chi connectivity index (χ3v) is 3.39. The van der Waals surface area contributed by atoms with E-state index in [4.69, 9.17) is 4.52 Å². The molecule has 0 saturated carbocycles. The Morgan fingerprint density at radius 1 is 1.45 bits per heavy atom. The van der Waals surface area contributed by atoms with Crippen LogP contribution < -0.4 is 10.6 Å². The van der Waals surface area contributed by atoms with Gasteiger partial charge in [0.25, 0.3) is 0 Å². The highest BCUT2D eigenvalue weighted by molar-refractivity contribution is 5.82. The number of nitrogens with one attached hydrogen (secondary N) is 2. The fourth-order valence-corrected chi connectivity index (χ4v) is 2.34. The lowest BCUT2D eigenvalue weighted by molar-refractivity contribution is -0.123. The summed E-state index contributed by atoms with van der Waals surface area (Å²) in [4.78, 5) is 16.2. The Balaban J connectivity index is 1.59. The van der Waals surface area contributed by atoms with Gasteiger partial charge in [-0.2, -0.15) is 4.98 Å². The normalized spacial score (nSPS) is 17.6. The van der Waals surface area contributed by atoms with Crippen molar-refractivity contribution in [3.63, 3.8) is 0 Å². The zero-order valence-corrected chi connectivity index (χ0v) is 11.2. The van der Waals surface area contributed by atoms with Crippen molar-refractivity contribution in [1.29, 1.82) is 0 Å². The third kappa shape index (κ3) is 2.70. The zero-order valence-electron chi connectivity index (χ0n) is 11.2. The average molecular weight is 272 g/mol. The van der Waals surface area contributed by atoms with Crippen LogP contribution in [-0.2, 0) is 24.3 Å². The van der Waals surface area contributed by atoms with E-state index in [1.807, 2.05) is 12.1 Å². The van der Waals surface area contributed by atoms with E-state index in [9.17, 15) is 4.79 Å². The van der Waals surface area contributed by atoms with E-state index < -0.39 is 0 Å². The Labute approximate surface area is 116 Å². The lowest BCUT2D eigenvalue weighted by Crippen LogP contribution is -2.47. The van der Waals surface area contributed by atoms with Crippen LogP contribution in [-0.4, -0.2) is 22.1 Å². The van der Waals surface area contributed by atoms with Crippen LogP contribution in [0.25, 0.3) is 0 Å². The van der Waals surface area contributed by atoms with Gasteiger partial charge < -0.3 is 15.2 Å². The quantitative estimate of drug-likeness (QED) is 0.860. The minimum absolute atomic E-state index is 0.0399. The van der Waals surface area contributed by atoms with Crippen molar-refractivity contribution >= 4 is 5.91 Å². The van der Waals surface area contributed by atoms with Crippen LogP contribution in [0.5, 0.6) is 0 Å². The number of hydrogen-bond acceptors (Lipinski definition) is 5. The maximum Gasteiger partial charge on any atom is 0.237 e. The maximum absolute atomic E-state index is 12.1. The molecule has 2 heterocycles. The fourth-order valence-electron chi connectivity index (χ4n) is 2.34. The van der Waals surface area contributed by atoms with Crippen LogP contribution >= 0.6 is 0 Å². The highest BCUT2D eigenvalue weighted by atomic mass is 16.5. The van der Waals surface area contributed by atoms with Crippen LogP contribution in [0.3, 0.4) is 0 Å². The molecule has 0 fully saturated rings. The van der Waals surface area contributed by atoms with Gasteiger partial charge in [-0.15, -0.1) is 0 Å². The largest absolute Gasteiger partial charge is 0.347 e. The van der Waals surface area contributed by atoms with Crippen LogP contribution in [0, 0.1) is 6.92 Å². The summed E-state index contributed by atoms with van der Waals surface area (Å²) in [6.45, 7) is 2.73. The summed E-state index contributed by atoms with van der Waals surface area (Å²) in [7, 11) is 0. The Morgan fingerprint density at radius 3 is 3.00 bits per heavy atom. The summed E-state index contributed by atoms with van der Waals surface area (Å²) in [5, 5.41) is 9.81. The van der Waals surface area contributed by atoms with E-state index in [0.29, 0.717) is 18.1 Å². The number of aryl methyl sites for hydroxylation is 1. The Kier molecular flexibility index (Phi) is 3.47. The number of benzene rings is 1. The van der Waals surface area contributed by atoms with Gasteiger partial charge in [-0.1, -0.05) is 29.4 Å². The molecule has 0 unspecified atom stereocenters. The van der Waals surface area contributed by atoms with Crippen molar-refractivity contribution in [3.05, 3.63) is 47.1 Å². The molecule has 6 heteroatoms. The summed E-state index contributed by atoms with van der Waals surface area (Å²) < 4.78 is 4.86. The summed E-state index contributed by atoms with van der Waals surface area (Å²) in [6, 6.07) is 7.95. The van der Waals surface area contributed by atoms with Crippen LogP contribution in [0.4, 0.5) is 0 Å². The van der Waals surface area contributed by atoms with Crippen molar-refractivity contribution in [3.8, 4) is 0 Å². The molecule has 1 aromatic heterocycles. The first-order valence-corrected chi connectivity index (χ1v) is 6.59. The predicted molar refractivity (Wildman–Crippen MR) is 71.7 cm³/mol. The Morgan fingerprint density at radius 2 is 2.25 bits per heavy atom. The SMILES string of the molecule is Cc1nc(CNC(=O)[C@H]2Cc3ccccc3CN2)no1. The van der Waals surface area contributed by atoms with Gasteiger partial charge in [0.2, 0.25) is 11.8 Å².